The van der Waals surface area contributed by atoms with Gasteiger partial charge in [-0.2, -0.15) is 0 Å². The lowest BCUT2D eigenvalue weighted by Gasteiger charge is -2.31. The van der Waals surface area contributed by atoms with Crippen LogP contribution >= 0.6 is 15.9 Å². The molecule has 21 heavy (non-hydrogen) atoms. The average Bonchev–Trinajstić information content (AvgIpc) is 2.48. The second-order valence-electron chi connectivity index (χ2n) is 5.78. The summed E-state index contributed by atoms with van der Waals surface area (Å²) in [6, 6.07) is 16.0. The summed E-state index contributed by atoms with van der Waals surface area (Å²) in [6.45, 7) is 4.15. The van der Waals surface area contributed by atoms with Crippen LogP contribution in [0.3, 0.4) is 0 Å². The summed E-state index contributed by atoms with van der Waals surface area (Å²) >= 11 is 3.49. The van der Waals surface area contributed by atoms with Crippen LogP contribution in [-0.4, -0.2) is 18.3 Å². The molecule has 0 amide bonds. The Hall–Kier alpha value is -1.32. The van der Waals surface area contributed by atoms with Gasteiger partial charge in [0, 0.05) is 5.41 Å². The molecule has 0 radical (unpaired) electrons. The van der Waals surface area contributed by atoms with E-state index in [1.54, 1.807) is 7.11 Å². The van der Waals surface area contributed by atoms with Crippen molar-refractivity contribution in [3.05, 3.63) is 64.1 Å². The van der Waals surface area contributed by atoms with Crippen molar-refractivity contribution in [2.45, 2.75) is 31.8 Å². The van der Waals surface area contributed by atoms with Gasteiger partial charge in [0.2, 0.25) is 0 Å². The molecule has 3 heteroatoms. The van der Waals surface area contributed by atoms with Crippen molar-refractivity contribution in [3.63, 3.8) is 0 Å². The lowest BCUT2D eigenvalue weighted by molar-refractivity contribution is 0.1000. The highest BCUT2D eigenvalue weighted by atomic mass is 79.9. The Balaban J connectivity index is 2.17. The first-order valence-electron chi connectivity index (χ1n) is 7.01. The maximum absolute atomic E-state index is 10.7. The van der Waals surface area contributed by atoms with Gasteiger partial charge < -0.3 is 9.84 Å². The Morgan fingerprint density at radius 3 is 2.38 bits per heavy atom. The predicted octanol–water partition coefficient (Wildman–Crippen LogP) is 4.34. The zero-order chi connectivity index (χ0) is 15.5. The molecule has 112 valence electrons. The Morgan fingerprint density at radius 2 is 1.81 bits per heavy atom. The summed E-state index contributed by atoms with van der Waals surface area (Å²) in [7, 11) is 1.65. The molecule has 0 aliphatic heterocycles. The Morgan fingerprint density at radius 1 is 1.14 bits per heavy atom. The van der Waals surface area contributed by atoms with Gasteiger partial charge in [-0.1, -0.05) is 50.2 Å². The molecule has 0 aromatic heterocycles. The van der Waals surface area contributed by atoms with E-state index < -0.39 is 6.10 Å². The fraction of sp³-hybridized carbons (Fsp3) is 0.333. The SMILES string of the molecule is COc1ccc(CC(O)C(C)(C)c2ccccc2)cc1Br. The van der Waals surface area contributed by atoms with Gasteiger partial charge in [0.25, 0.3) is 0 Å². The van der Waals surface area contributed by atoms with E-state index in [2.05, 4.69) is 41.9 Å². The van der Waals surface area contributed by atoms with Gasteiger partial charge in [0.1, 0.15) is 5.75 Å². The van der Waals surface area contributed by atoms with Crippen LogP contribution in [-0.2, 0) is 11.8 Å². The van der Waals surface area contributed by atoms with Crippen molar-refractivity contribution in [2.75, 3.05) is 7.11 Å². The van der Waals surface area contributed by atoms with E-state index in [1.807, 2.05) is 36.4 Å². The van der Waals surface area contributed by atoms with Crippen LogP contribution in [0.1, 0.15) is 25.0 Å². The van der Waals surface area contributed by atoms with Crippen molar-refractivity contribution in [1.82, 2.24) is 0 Å². The molecule has 0 saturated carbocycles. The molecular weight excluding hydrogens is 328 g/mol. The molecule has 2 nitrogen and oxygen atoms in total. The molecule has 0 saturated heterocycles. The summed E-state index contributed by atoms with van der Waals surface area (Å²) in [4.78, 5) is 0. The number of ether oxygens (including phenoxy) is 1. The van der Waals surface area contributed by atoms with Crippen LogP contribution in [0.2, 0.25) is 0 Å². The first-order chi connectivity index (χ1) is 9.95. The van der Waals surface area contributed by atoms with Crippen molar-refractivity contribution >= 4 is 15.9 Å². The Kier molecular flexibility index (Phi) is 5.07. The van der Waals surface area contributed by atoms with E-state index in [4.69, 9.17) is 4.74 Å². The number of aliphatic hydroxyl groups excluding tert-OH is 1. The summed E-state index contributed by atoms with van der Waals surface area (Å²) in [5.74, 6) is 0.801. The second kappa shape index (κ2) is 6.63. The monoisotopic (exact) mass is 348 g/mol. The maximum Gasteiger partial charge on any atom is 0.133 e. The number of hydrogen-bond donors (Lipinski definition) is 1. The van der Waals surface area contributed by atoms with Gasteiger partial charge in [-0.15, -0.1) is 0 Å². The van der Waals surface area contributed by atoms with Crippen LogP contribution < -0.4 is 4.74 Å². The predicted molar refractivity (Wildman–Crippen MR) is 89.9 cm³/mol. The molecule has 0 aliphatic carbocycles. The highest BCUT2D eigenvalue weighted by Crippen LogP contribution is 2.31. The van der Waals surface area contributed by atoms with Crippen LogP contribution in [0, 0.1) is 0 Å². The van der Waals surface area contributed by atoms with Gasteiger partial charge in [-0.3, -0.25) is 0 Å². The summed E-state index contributed by atoms with van der Waals surface area (Å²) in [5.41, 5.74) is 1.93. The Labute approximate surface area is 134 Å². The van der Waals surface area contributed by atoms with Crippen LogP contribution in [0.4, 0.5) is 0 Å². The van der Waals surface area contributed by atoms with Crippen molar-refractivity contribution in [3.8, 4) is 5.75 Å². The molecule has 0 aliphatic rings. The summed E-state index contributed by atoms with van der Waals surface area (Å²) in [5, 5.41) is 10.7. The van der Waals surface area contributed by atoms with Crippen molar-refractivity contribution < 1.29 is 9.84 Å². The quantitative estimate of drug-likeness (QED) is 0.870. The van der Waals surface area contributed by atoms with Gasteiger partial charge in [0.15, 0.2) is 0 Å². The third-order valence-electron chi connectivity index (χ3n) is 4.00. The molecule has 1 unspecified atom stereocenters. The van der Waals surface area contributed by atoms with Crippen LogP contribution in [0.15, 0.2) is 53.0 Å². The number of benzene rings is 2. The third kappa shape index (κ3) is 3.66. The van der Waals surface area contributed by atoms with E-state index in [0.29, 0.717) is 6.42 Å². The number of methoxy groups -OCH3 is 1. The zero-order valence-electron chi connectivity index (χ0n) is 12.6. The van der Waals surface area contributed by atoms with E-state index in [9.17, 15) is 5.11 Å². The largest absolute Gasteiger partial charge is 0.496 e. The van der Waals surface area contributed by atoms with Gasteiger partial charge in [-0.25, -0.2) is 0 Å². The van der Waals surface area contributed by atoms with Gasteiger partial charge in [0.05, 0.1) is 17.7 Å². The lowest BCUT2D eigenvalue weighted by atomic mass is 9.77. The maximum atomic E-state index is 10.7. The first kappa shape index (κ1) is 16.1. The van der Waals surface area contributed by atoms with Gasteiger partial charge in [-0.05, 0) is 45.6 Å². The minimum atomic E-state index is -0.458. The first-order valence-corrected chi connectivity index (χ1v) is 7.80. The smallest absolute Gasteiger partial charge is 0.133 e. The Bertz CT molecular complexity index is 593. The molecule has 0 fully saturated rings. The van der Waals surface area contributed by atoms with E-state index in [0.717, 1.165) is 21.3 Å². The molecule has 1 N–H and O–H groups in total. The van der Waals surface area contributed by atoms with Crippen LogP contribution in [0.25, 0.3) is 0 Å². The third-order valence-corrected chi connectivity index (χ3v) is 4.62. The number of aliphatic hydroxyl groups is 1. The van der Waals surface area contributed by atoms with Crippen molar-refractivity contribution in [2.24, 2.45) is 0 Å². The van der Waals surface area contributed by atoms with Crippen LogP contribution in [0.5, 0.6) is 5.75 Å². The number of hydrogen-bond acceptors (Lipinski definition) is 2. The molecule has 2 aromatic rings. The fourth-order valence-electron chi connectivity index (χ4n) is 2.38. The molecule has 0 heterocycles. The molecule has 2 aromatic carbocycles. The standard InChI is InChI=1S/C18H21BrO2/c1-18(2,14-7-5-4-6-8-14)17(20)12-13-9-10-16(21-3)15(19)11-13/h4-11,17,20H,12H2,1-3H3. The molecule has 0 spiro atoms. The minimum Gasteiger partial charge on any atom is -0.496 e. The van der Waals surface area contributed by atoms with Gasteiger partial charge >= 0.3 is 0 Å². The highest BCUT2D eigenvalue weighted by molar-refractivity contribution is 9.10. The molecule has 0 bridgehead atoms. The topological polar surface area (TPSA) is 29.5 Å². The molecule has 1 atom stereocenters. The number of halogens is 1. The van der Waals surface area contributed by atoms with E-state index in [1.165, 1.54) is 0 Å². The second-order valence-corrected chi connectivity index (χ2v) is 6.63. The molecular formula is C18H21BrO2. The highest BCUT2D eigenvalue weighted by Gasteiger charge is 2.29. The average molecular weight is 349 g/mol. The minimum absolute atomic E-state index is 0.298. The zero-order valence-corrected chi connectivity index (χ0v) is 14.2. The summed E-state index contributed by atoms with van der Waals surface area (Å²) in [6.07, 6.45) is 0.144. The van der Waals surface area contributed by atoms with Crippen molar-refractivity contribution in [1.29, 1.82) is 0 Å². The number of rotatable bonds is 5. The normalized spacial score (nSPS) is 13.0. The van der Waals surface area contributed by atoms with E-state index >= 15 is 0 Å². The lowest BCUT2D eigenvalue weighted by Crippen LogP contribution is -2.35. The molecule has 2 rings (SSSR count). The van der Waals surface area contributed by atoms with E-state index in [-0.39, 0.29) is 5.41 Å². The summed E-state index contributed by atoms with van der Waals surface area (Å²) < 4.78 is 6.14. The fourth-order valence-corrected chi connectivity index (χ4v) is 2.96.